The van der Waals surface area contributed by atoms with E-state index in [9.17, 15) is 4.39 Å². The summed E-state index contributed by atoms with van der Waals surface area (Å²) in [7, 11) is 0. The molecule has 0 atom stereocenters. The fraction of sp³-hybridized carbons (Fsp3) is 0.533. The van der Waals surface area contributed by atoms with Crippen LogP contribution in [-0.2, 0) is 6.54 Å². The molecule has 98 valence electrons. The number of nitrogens with zero attached hydrogens (tertiary/aromatic N) is 2. The highest BCUT2D eigenvalue weighted by Crippen LogP contribution is 2.14. The molecule has 0 unspecified atom stereocenters. The van der Waals surface area contributed by atoms with Crippen molar-refractivity contribution in [3.63, 3.8) is 0 Å². The van der Waals surface area contributed by atoms with Gasteiger partial charge in [0.1, 0.15) is 5.82 Å². The van der Waals surface area contributed by atoms with E-state index in [0.29, 0.717) is 18.9 Å². The lowest BCUT2D eigenvalue weighted by Crippen LogP contribution is -2.28. The molecule has 0 saturated carbocycles. The van der Waals surface area contributed by atoms with Gasteiger partial charge in [-0.3, -0.25) is 4.90 Å². The van der Waals surface area contributed by atoms with E-state index < -0.39 is 0 Å². The van der Waals surface area contributed by atoms with Crippen LogP contribution in [0.5, 0.6) is 0 Å². The zero-order valence-corrected chi connectivity index (χ0v) is 11.4. The van der Waals surface area contributed by atoms with Crippen molar-refractivity contribution in [2.75, 3.05) is 13.1 Å². The number of halogens is 1. The molecule has 0 radical (unpaired) electrons. The maximum absolute atomic E-state index is 13.2. The first-order valence-electron chi connectivity index (χ1n) is 6.37. The third kappa shape index (κ3) is 4.85. The highest BCUT2D eigenvalue weighted by molar-refractivity contribution is 5.26. The predicted octanol–water partition coefficient (Wildman–Crippen LogP) is 3.51. The lowest BCUT2D eigenvalue weighted by atomic mass is 10.1. The van der Waals surface area contributed by atoms with Gasteiger partial charge in [-0.1, -0.05) is 19.9 Å². The second kappa shape index (κ2) is 7.13. The van der Waals surface area contributed by atoms with Gasteiger partial charge >= 0.3 is 0 Å². The van der Waals surface area contributed by atoms with Crippen molar-refractivity contribution in [2.45, 2.75) is 33.7 Å². The highest BCUT2D eigenvalue weighted by Gasteiger charge is 2.10. The smallest absolute Gasteiger partial charge is 0.123 e. The summed E-state index contributed by atoms with van der Waals surface area (Å²) >= 11 is 0. The molecule has 0 spiro atoms. The van der Waals surface area contributed by atoms with E-state index in [1.54, 1.807) is 6.07 Å². The second-order valence-corrected chi connectivity index (χ2v) is 5.11. The van der Waals surface area contributed by atoms with Crippen LogP contribution in [0.15, 0.2) is 18.2 Å². The Kier molecular flexibility index (Phi) is 5.80. The Morgan fingerprint density at radius 2 is 2.11 bits per heavy atom. The van der Waals surface area contributed by atoms with E-state index in [4.69, 9.17) is 5.26 Å². The van der Waals surface area contributed by atoms with Crippen LogP contribution >= 0.6 is 0 Å². The SMILES string of the molecule is Cc1ccc(F)cc1CN(CCC#N)CC(C)C. The third-order valence-electron chi connectivity index (χ3n) is 2.87. The summed E-state index contributed by atoms with van der Waals surface area (Å²) in [4.78, 5) is 2.22. The summed E-state index contributed by atoms with van der Waals surface area (Å²) in [6.07, 6.45) is 0.515. The molecule has 0 heterocycles. The third-order valence-corrected chi connectivity index (χ3v) is 2.87. The molecule has 1 aromatic rings. The average Bonchev–Trinajstić information content (AvgIpc) is 2.30. The van der Waals surface area contributed by atoms with Crippen molar-refractivity contribution in [1.29, 1.82) is 5.26 Å². The molecule has 0 N–H and O–H groups in total. The molecule has 3 heteroatoms. The molecule has 0 bridgehead atoms. The van der Waals surface area contributed by atoms with E-state index in [-0.39, 0.29) is 5.82 Å². The number of rotatable bonds is 6. The lowest BCUT2D eigenvalue weighted by Gasteiger charge is -2.24. The van der Waals surface area contributed by atoms with E-state index in [0.717, 1.165) is 24.2 Å². The van der Waals surface area contributed by atoms with Crippen molar-refractivity contribution < 1.29 is 4.39 Å². The van der Waals surface area contributed by atoms with Crippen molar-refractivity contribution >= 4 is 0 Å². The summed E-state index contributed by atoms with van der Waals surface area (Å²) < 4.78 is 13.2. The minimum atomic E-state index is -0.194. The quantitative estimate of drug-likeness (QED) is 0.770. The minimum absolute atomic E-state index is 0.194. The molecule has 0 fully saturated rings. The first-order valence-corrected chi connectivity index (χ1v) is 6.37. The number of nitriles is 1. The minimum Gasteiger partial charge on any atom is -0.298 e. The van der Waals surface area contributed by atoms with Crippen LogP contribution < -0.4 is 0 Å². The van der Waals surface area contributed by atoms with Gasteiger partial charge in [0.25, 0.3) is 0 Å². The maximum atomic E-state index is 13.2. The van der Waals surface area contributed by atoms with Gasteiger partial charge in [0.2, 0.25) is 0 Å². The number of hydrogen-bond donors (Lipinski definition) is 0. The summed E-state index contributed by atoms with van der Waals surface area (Å²) in [6, 6.07) is 7.05. The van der Waals surface area contributed by atoms with Crippen molar-refractivity contribution in [1.82, 2.24) is 4.90 Å². The van der Waals surface area contributed by atoms with Crippen LogP contribution in [0.1, 0.15) is 31.4 Å². The Labute approximate surface area is 109 Å². The summed E-state index contributed by atoms with van der Waals surface area (Å²) in [6.45, 7) is 8.67. The Balaban J connectivity index is 2.75. The lowest BCUT2D eigenvalue weighted by molar-refractivity contribution is 0.240. The molecular weight excluding hydrogens is 227 g/mol. The topological polar surface area (TPSA) is 27.0 Å². The summed E-state index contributed by atoms with van der Waals surface area (Å²) in [5, 5.41) is 8.68. The molecule has 0 amide bonds. The van der Waals surface area contributed by atoms with Crippen LogP contribution in [-0.4, -0.2) is 18.0 Å². The number of benzene rings is 1. The molecule has 2 nitrogen and oxygen atoms in total. The standard InChI is InChI=1S/C15H21FN2/c1-12(2)10-18(8-4-7-17)11-14-9-15(16)6-5-13(14)3/h5-6,9,12H,4,8,10-11H2,1-3H3. The monoisotopic (exact) mass is 248 g/mol. The highest BCUT2D eigenvalue weighted by atomic mass is 19.1. The van der Waals surface area contributed by atoms with Crippen molar-refractivity contribution in [3.8, 4) is 6.07 Å². The van der Waals surface area contributed by atoms with Gasteiger partial charge in [0, 0.05) is 26.1 Å². The summed E-state index contributed by atoms with van der Waals surface area (Å²) in [5.74, 6) is 0.345. The van der Waals surface area contributed by atoms with Gasteiger partial charge in [0.15, 0.2) is 0 Å². The molecule has 0 aromatic heterocycles. The van der Waals surface area contributed by atoms with Gasteiger partial charge in [-0.2, -0.15) is 5.26 Å². The predicted molar refractivity (Wildman–Crippen MR) is 71.5 cm³/mol. The Hall–Kier alpha value is -1.40. The Bertz CT molecular complexity index is 421. The van der Waals surface area contributed by atoms with E-state index in [1.165, 1.54) is 6.07 Å². The largest absolute Gasteiger partial charge is 0.298 e. The fourth-order valence-electron chi connectivity index (χ4n) is 2.01. The van der Waals surface area contributed by atoms with E-state index >= 15 is 0 Å². The van der Waals surface area contributed by atoms with Gasteiger partial charge in [-0.25, -0.2) is 4.39 Å². The maximum Gasteiger partial charge on any atom is 0.123 e. The van der Waals surface area contributed by atoms with Gasteiger partial charge in [-0.15, -0.1) is 0 Å². The van der Waals surface area contributed by atoms with Gasteiger partial charge in [0.05, 0.1) is 6.07 Å². The first-order chi connectivity index (χ1) is 8.52. The van der Waals surface area contributed by atoms with Crippen molar-refractivity contribution in [2.24, 2.45) is 5.92 Å². The average molecular weight is 248 g/mol. The second-order valence-electron chi connectivity index (χ2n) is 5.11. The van der Waals surface area contributed by atoms with Gasteiger partial charge in [-0.05, 0) is 36.1 Å². The van der Waals surface area contributed by atoms with Gasteiger partial charge < -0.3 is 0 Å². The zero-order valence-electron chi connectivity index (χ0n) is 11.4. The zero-order chi connectivity index (χ0) is 13.5. The Morgan fingerprint density at radius 3 is 2.72 bits per heavy atom. The van der Waals surface area contributed by atoms with Crippen LogP contribution in [0.25, 0.3) is 0 Å². The molecular formula is C15H21FN2. The Morgan fingerprint density at radius 1 is 1.39 bits per heavy atom. The first kappa shape index (κ1) is 14.7. The molecule has 0 saturated heterocycles. The van der Waals surface area contributed by atoms with Crippen LogP contribution in [0, 0.1) is 30.0 Å². The normalized spacial score (nSPS) is 10.9. The molecule has 0 aliphatic carbocycles. The van der Waals surface area contributed by atoms with Crippen molar-refractivity contribution in [3.05, 3.63) is 35.1 Å². The van der Waals surface area contributed by atoms with Crippen LogP contribution in [0.3, 0.4) is 0 Å². The molecule has 18 heavy (non-hydrogen) atoms. The van der Waals surface area contributed by atoms with E-state index in [1.807, 2.05) is 13.0 Å². The van der Waals surface area contributed by atoms with E-state index in [2.05, 4.69) is 24.8 Å². The van der Waals surface area contributed by atoms with Crippen LogP contribution in [0.4, 0.5) is 4.39 Å². The van der Waals surface area contributed by atoms with Crippen LogP contribution in [0.2, 0.25) is 0 Å². The number of hydrogen-bond acceptors (Lipinski definition) is 2. The summed E-state index contributed by atoms with van der Waals surface area (Å²) in [5.41, 5.74) is 2.11. The number of aryl methyl sites for hydroxylation is 1. The fourth-order valence-corrected chi connectivity index (χ4v) is 2.01. The molecule has 0 aliphatic rings. The molecule has 1 aromatic carbocycles. The molecule has 0 aliphatic heterocycles. The molecule has 1 rings (SSSR count).